The number of amides is 1. The van der Waals surface area contributed by atoms with Gasteiger partial charge in [-0.1, -0.05) is 53.7 Å². The van der Waals surface area contributed by atoms with Crippen LogP contribution in [-0.4, -0.2) is 25.5 Å². The maximum absolute atomic E-state index is 13.1. The molecule has 0 aliphatic rings. The van der Waals surface area contributed by atoms with Gasteiger partial charge < -0.3 is 14.0 Å². The molecule has 0 atom stereocenters. The van der Waals surface area contributed by atoms with Crippen LogP contribution in [0.3, 0.4) is 0 Å². The molecule has 0 aliphatic heterocycles. The van der Waals surface area contributed by atoms with E-state index in [1.807, 2.05) is 48.1 Å². The summed E-state index contributed by atoms with van der Waals surface area (Å²) < 4.78 is 7.01. The molecule has 2 aromatic carbocycles. The highest BCUT2D eigenvalue weighted by atomic mass is 16.5. The Morgan fingerprint density at radius 3 is 2.52 bits per heavy atom. The Kier molecular flexibility index (Phi) is 5.24. The smallest absolute Gasteiger partial charge is 0.276 e. The highest BCUT2D eigenvalue weighted by Crippen LogP contribution is 2.22. The normalized spacial score (nSPS) is 10.8. The lowest BCUT2D eigenvalue weighted by Crippen LogP contribution is -2.31. The van der Waals surface area contributed by atoms with E-state index >= 15 is 0 Å². The molecule has 2 aromatic heterocycles. The molecule has 146 valence electrons. The van der Waals surface area contributed by atoms with Gasteiger partial charge in [-0.05, 0) is 29.7 Å². The number of nitrogens with zero attached hydrogens (tertiary/aromatic N) is 4. The van der Waals surface area contributed by atoms with Crippen LogP contribution in [-0.2, 0) is 20.1 Å². The number of aryl methyl sites for hydroxylation is 2. The molecule has 0 saturated heterocycles. The van der Waals surface area contributed by atoms with Crippen molar-refractivity contribution in [2.24, 2.45) is 7.05 Å². The standard InChI is InChI=1S/C23H22N4O2/c1-17-13-21(25-29-17)23(28)27(16-22-24-11-12-26(22)2)15-18-7-6-10-20(14-18)19-8-4-3-5-9-19/h3-14H,15-16H2,1-2H3. The SMILES string of the molecule is Cc1cc(C(=O)N(Cc2cccc(-c3ccccc3)c2)Cc2nccn2C)no1. The molecule has 0 radical (unpaired) electrons. The largest absolute Gasteiger partial charge is 0.361 e. The fourth-order valence-corrected chi connectivity index (χ4v) is 3.25. The average Bonchev–Trinajstić information content (AvgIpc) is 3.36. The fraction of sp³-hybridized carbons (Fsp3) is 0.174. The second-order valence-electron chi connectivity index (χ2n) is 7.00. The van der Waals surface area contributed by atoms with Crippen molar-refractivity contribution < 1.29 is 9.32 Å². The predicted molar refractivity (Wildman–Crippen MR) is 110 cm³/mol. The minimum Gasteiger partial charge on any atom is -0.361 e. The lowest BCUT2D eigenvalue weighted by Gasteiger charge is -2.22. The minimum absolute atomic E-state index is 0.185. The van der Waals surface area contributed by atoms with Crippen molar-refractivity contribution in [3.05, 3.63) is 95.9 Å². The minimum atomic E-state index is -0.185. The van der Waals surface area contributed by atoms with E-state index < -0.39 is 0 Å². The van der Waals surface area contributed by atoms with Crippen LogP contribution < -0.4 is 0 Å². The van der Waals surface area contributed by atoms with Gasteiger partial charge in [-0.2, -0.15) is 0 Å². The van der Waals surface area contributed by atoms with Gasteiger partial charge in [0, 0.05) is 32.1 Å². The summed E-state index contributed by atoms with van der Waals surface area (Å²) in [6.45, 7) is 2.60. The van der Waals surface area contributed by atoms with Crippen molar-refractivity contribution in [1.29, 1.82) is 0 Å². The maximum atomic E-state index is 13.1. The van der Waals surface area contributed by atoms with Gasteiger partial charge in [0.05, 0.1) is 6.54 Å². The third-order valence-electron chi connectivity index (χ3n) is 4.80. The van der Waals surface area contributed by atoms with E-state index in [0.29, 0.717) is 24.5 Å². The molecular weight excluding hydrogens is 364 g/mol. The third-order valence-corrected chi connectivity index (χ3v) is 4.80. The van der Waals surface area contributed by atoms with Crippen LogP contribution in [0.4, 0.5) is 0 Å². The van der Waals surface area contributed by atoms with Gasteiger partial charge in [-0.3, -0.25) is 4.79 Å². The molecular formula is C23H22N4O2. The molecule has 4 aromatic rings. The molecule has 6 heteroatoms. The Morgan fingerprint density at radius 2 is 1.83 bits per heavy atom. The van der Waals surface area contributed by atoms with Gasteiger partial charge in [0.1, 0.15) is 11.6 Å². The molecule has 0 fully saturated rings. The number of carbonyl (C=O) groups excluding carboxylic acids is 1. The Bertz CT molecular complexity index is 1110. The summed E-state index contributed by atoms with van der Waals surface area (Å²) in [5, 5.41) is 3.90. The molecule has 29 heavy (non-hydrogen) atoms. The van der Waals surface area contributed by atoms with Crippen molar-refractivity contribution in [2.45, 2.75) is 20.0 Å². The van der Waals surface area contributed by atoms with Gasteiger partial charge in [0.25, 0.3) is 5.91 Å². The average molecular weight is 386 g/mol. The Morgan fingerprint density at radius 1 is 1.03 bits per heavy atom. The highest BCUT2D eigenvalue weighted by Gasteiger charge is 2.21. The van der Waals surface area contributed by atoms with E-state index in [4.69, 9.17) is 4.52 Å². The fourth-order valence-electron chi connectivity index (χ4n) is 3.25. The first-order valence-corrected chi connectivity index (χ1v) is 9.43. The van der Waals surface area contributed by atoms with E-state index in [2.05, 4.69) is 34.4 Å². The van der Waals surface area contributed by atoms with E-state index in [1.54, 1.807) is 24.1 Å². The number of rotatable bonds is 6. The number of hydrogen-bond donors (Lipinski definition) is 0. The number of aromatic nitrogens is 3. The second kappa shape index (κ2) is 8.14. The van der Waals surface area contributed by atoms with Crippen molar-refractivity contribution in [1.82, 2.24) is 19.6 Å². The van der Waals surface area contributed by atoms with Crippen LogP contribution in [0.5, 0.6) is 0 Å². The quantitative estimate of drug-likeness (QED) is 0.498. The maximum Gasteiger partial charge on any atom is 0.276 e. The Hall–Kier alpha value is -3.67. The van der Waals surface area contributed by atoms with Crippen molar-refractivity contribution >= 4 is 5.91 Å². The van der Waals surface area contributed by atoms with Gasteiger partial charge in [-0.15, -0.1) is 0 Å². The number of carbonyl (C=O) groups is 1. The summed E-state index contributed by atoms with van der Waals surface area (Å²) >= 11 is 0. The summed E-state index contributed by atoms with van der Waals surface area (Å²) in [5.41, 5.74) is 3.60. The zero-order chi connectivity index (χ0) is 20.2. The third kappa shape index (κ3) is 4.27. The van der Waals surface area contributed by atoms with E-state index in [1.165, 1.54) is 0 Å². The lowest BCUT2D eigenvalue weighted by atomic mass is 10.0. The van der Waals surface area contributed by atoms with E-state index in [0.717, 1.165) is 22.5 Å². The summed E-state index contributed by atoms with van der Waals surface area (Å²) in [7, 11) is 1.92. The molecule has 0 bridgehead atoms. The number of imidazole rings is 1. The lowest BCUT2D eigenvalue weighted by molar-refractivity contribution is 0.0713. The van der Waals surface area contributed by atoms with Crippen LogP contribution in [0.15, 0.2) is 77.6 Å². The zero-order valence-corrected chi connectivity index (χ0v) is 16.4. The molecule has 0 spiro atoms. The first-order valence-electron chi connectivity index (χ1n) is 9.43. The van der Waals surface area contributed by atoms with Crippen molar-refractivity contribution in [3.8, 4) is 11.1 Å². The van der Waals surface area contributed by atoms with Crippen LogP contribution in [0, 0.1) is 6.92 Å². The van der Waals surface area contributed by atoms with Gasteiger partial charge >= 0.3 is 0 Å². The first-order chi connectivity index (χ1) is 14.1. The Labute approximate surface area is 169 Å². The summed E-state index contributed by atoms with van der Waals surface area (Å²) in [4.78, 5) is 19.2. The summed E-state index contributed by atoms with van der Waals surface area (Å²) in [6.07, 6.45) is 3.60. The monoisotopic (exact) mass is 386 g/mol. The van der Waals surface area contributed by atoms with E-state index in [-0.39, 0.29) is 5.91 Å². The topological polar surface area (TPSA) is 64.2 Å². The molecule has 1 amide bonds. The van der Waals surface area contributed by atoms with Gasteiger partial charge in [-0.25, -0.2) is 4.98 Å². The predicted octanol–water partition coefficient (Wildman–Crippen LogP) is 4.23. The van der Waals surface area contributed by atoms with Crippen LogP contribution in [0.25, 0.3) is 11.1 Å². The summed E-state index contributed by atoms with van der Waals surface area (Å²) in [6, 6.07) is 20.1. The number of benzene rings is 2. The van der Waals surface area contributed by atoms with Crippen molar-refractivity contribution in [2.75, 3.05) is 0 Å². The van der Waals surface area contributed by atoms with Crippen molar-refractivity contribution in [3.63, 3.8) is 0 Å². The molecule has 0 aliphatic carbocycles. The molecule has 4 rings (SSSR count). The van der Waals surface area contributed by atoms with Crippen LogP contribution in [0.1, 0.15) is 27.6 Å². The molecule has 0 unspecified atom stereocenters. The first kappa shape index (κ1) is 18.7. The van der Waals surface area contributed by atoms with Crippen LogP contribution in [0.2, 0.25) is 0 Å². The van der Waals surface area contributed by atoms with E-state index in [9.17, 15) is 4.79 Å². The Balaban J connectivity index is 1.63. The highest BCUT2D eigenvalue weighted by molar-refractivity contribution is 5.92. The van der Waals surface area contributed by atoms with Gasteiger partial charge in [0.2, 0.25) is 0 Å². The molecule has 6 nitrogen and oxygen atoms in total. The number of hydrogen-bond acceptors (Lipinski definition) is 4. The second-order valence-corrected chi connectivity index (χ2v) is 7.00. The molecule has 0 saturated carbocycles. The van der Waals surface area contributed by atoms with Gasteiger partial charge in [0.15, 0.2) is 5.69 Å². The molecule has 2 heterocycles. The zero-order valence-electron chi connectivity index (χ0n) is 16.4. The molecule has 0 N–H and O–H groups in total. The van der Waals surface area contributed by atoms with Crippen LogP contribution >= 0.6 is 0 Å². The summed E-state index contributed by atoms with van der Waals surface area (Å²) in [5.74, 6) is 1.23.